The Morgan fingerprint density at radius 1 is 0.882 bits per heavy atom. The van der Waals surface area contributed by atoms with Crippen LogP contribution in [0.15, 0.2) is 17.9 Å². The van der Waals surface area contributed by atoms with Gasteiger partial charge in [0.25, 0.3) is 11.8 Å². The van der Waals surface area contributed by atoms with E-state index in [1.807, 2.05) is 5.43 Å². The van der Waals surface area contributed by atoms with Crippen LogP contribution in [0.3, 0.4) is 0 Å². The van der Waals surface area contributed by atoms with Crippen molar-refractivity contribution in [2.75, 3.05) is 0 Å². The zero-order chi connectivity index (χ0) is 13.3. The van der Waals surface area contributed by atoms with Gasteiger partial charge >= 0.3 is 0 Å². The number of hydrogen-bond donors (Lipinski definition) is 3. The van der Waals surface area contributed by atoms with Crippen LogP contribution in [-0.2, 0) is 0 Å². The zero-order valence-corrected chi connectivity index (χ0v) is 14.3. The minimum Gasteiger partial charge on any atom is -0.366 e. The molecule has 0 radical (unpaired) electrons. The third-order valence-electron chi connectivity index (χ3n) is 1.87. The van der Waals surface area contributed by atoms with Crippen molar-refractivity contribution in [3.8, 4) is 0 Å². The fourth-order valence-corrected chi connectivity index (χ4v) is 3.64. The third kappa shape index (κ3) is 2.73. The molecule has 0 aromatic heterocycles. The summed E-state index contributed by atoms with van der Waals surface area (Å²) in [7, 11) is 0. The van der Waals surface area contributed by atoms with Crippen LogP contribution in [0.4, 0.5) is 0 Å². The molecule has 0 unspecified atom stereocenters. The van der Waals surface area contributed by atoms with E-state index in [2.05, 4.69) is 63.7 Å². The molecule has 0 aliphatic rings. The minimum atomic E-state index is -0.746. The van der Waals surface area contributed by atoms with Crippen LogP contribution in [-0.4, -0.2) is 11.8 Å². The van der Waals surface area contributed by atoms with E-state index in [1.165, 1.54) is 0 Å². The van der Waals surface area contributed by atoms with Crippen molar-refractivity contribution in [3.63, 3.8) is 0 Å². The summed E-state index contributed by atoms with van der Waals surface area (Å²) in [5, 5.41) is 0. The molecule has 17 heavy (non-hydrogen) atoms. The molecule has 0 aliphatic carbocycles. The number of benzene rings is 1. The minimum absolute atomic E-state index is 0.0369. The number of carbonyl (C=O) groups excluding carboxylic acids is 2. The van der Waals surface area contributed by atoms with E-state index in [9.17, 15) is 9.59 Å². The number of hydrogen-bond acceptors (Lipinski definition) is 3. The van der Waals surface area contributed by atoms with E-state index in [1.54, 1.807) is 0 Å². The SMILES string of the molecule is NNC(=O)c1c(Br)c(Br)c(Br)c(Br)c1C(N)=O. The third-order valence-corrected chi connectivity index (χ3v) is 6.64. The number of primary amides is 1. The number of hydrazine groups is 1. The first kappa shape index (κ1) is 15.1. The van der Waals surface area contributed by atoms with Crippen molar-refractivity contribution in [1.82, 2.24) is 5.43 Å². The molecule has 0 saturated heterocycles. The van der Waals surface area contributed by atoms with Crippen LogP contribution in [0.1, 0.15) is 20.7 Å². The second kappa shape index (κ2) is 5.79. The maximum Gasteiger partial charge on any atom is 0.267 e. The zero-order valence-electron chi connectivity index (χ0n) is 7.98. The van der Waals surface area contributed by atoms with E-state index < -0.39 is 11.8 Å². The van der Waals surface area contributed by atoms with Gasteiger partial charge in [0.05, 0.1) is 11.1 Å². The molecule has 1 aromatic rings. The monoisotopic (exact) mass is 491 g/mol. The van der Waals surface area contributed by atoms with Gasteiger partial charge in [0.15, 0.2) is 0 Å². The van der Waals surface area contributed by atoms with Crippen molar-refractivity contribution in [2.24, 2.45) is 11.6 Å². The summed E-state index contributed by atoms with van der Waals surface area (Å²) >= 11 is 12.9. The van der Waals surface area contributed by atoms with Crippen LogP contribution in [0.2, 0.25) is 0 Å². The highest BCUT2D eigenvalue weighted by atomic mass is 79.9. The van der Waals surface area contributed by atoms with Crippen molar-refractivity contribution in [1.29, 1.82) is 0 Å². The van der Waals surface area contributed by atoms with Gasteiger partial charge in [0.1, 0.15) is 0 Å². The van der Waals surface area contributed by atoms with Gasteiger partial charge in [-0.05, 0) is 63.7 Å². The average Bonchev–Trinajstić information content (AvgIpc) is 2.29. The first-order valence-corrected chi connectivity index (χ1v) is 7.16. The molecule has 0 heterocycles. The average molecular weight is 495 g/mol. The smallest absolute Gasteiger partial charge is 0.267 e. The predicted octanol–water partition coefficient (Wildman–Crippen LogP) is 2.44. The van der Waals surface area contributed by atoms with Gasteiger partial charge < -0.3 is 5.73 Å². The Kier molecular flexibility index (Phi) is 5.14. The molecule has 5 N–H and O–H groups in total. The van der Waals surface area contributed by atoms with E-state index in [-0.39, 0.29) is 11.1 Å². The van der Waals surface area contributed by atoms with Gasteiger partial charge in [-0.2, -0.15) is 0 Å². The molecular formula is C8H5Br4N3O2. The van der Waals surface area contributed by atoms with E-state index in [0.717, 1.165) is 0 Å². The molecule has 0 spiro atoms. The van der Waals surface area contributed by atoms with Crippen LogP contribution in [0, 0.1) is 0 Å². The van der Waals surface area contributed by atoms with Gasteiger partial charge in [-0.3, -0.25) is 15.0 Å². The molecule has 5 nitrogen and oxygen atoms in total. The lowest BCUT2D eigenvalue weighted by Crippen LogP contribution is -2.32. The van der Waals surface area contributed by atoms with Crippen molar-refractivity contribution in [3.05, 3.63) is 29.0 Å². The molecule has 0 bridgehead atoms. The summed E-state index contributed by atoms with van der Waals surface area (Å²) in [4.78, 5) is 23.0. The molecule has 9 heteroatoms. The Hall–Kier alpha value is 0.0400. The highest BCUT2D eigenvalue weighted by Gasteiger charge is 2.26. The lowest BCUT2D eigenvalue weighted by Gasteiger charge is -2.13. The Balaban J connectivity index is 3.78. The van der Waals surface area contributed by atoms with Gasteiger partial charge in [-0.1, -0.05) is 0 Å². The summed E-state index contributed by atoms with van der Waals surface area (Å²) in [6, 6.07) is 0. The molecule has 2 amide bonds. The number of amides is 2. The maximum atomic E-state index is 11.6. The molecular weight excluding hydrogens is 490 g/mol. The first-order chi connectivity index (χ1) is 7.82. The fraction of sp³-hybridized carbons (Fsp3) is 0. The molecule has 0 aliphatic heterocycles. The highest BCUT2D eigenvalue weighted by Crippen LogP contribution is 2.41. The summed E-state index contributed by atoms with van der Waals surface area (Å²) in [5.41, 5.74) is 7.30. The van der Waals surface area contributed by atoms with Gasteiger partial charge in [-0.25, -0.2) is 5.84 Å². The van der Waals surface area contributed by atoms with E-state index in [0.29, 0.717) is 17.9 Å². The summed E-state index contributed by atoms with van der Waals surface area (Å²) in [6.45, 7) is 0. The largest absolute Gasteiger partial charge is 0.366 e. The Morgan fingerprint density at radius 2 is 1.29 bits per heavy atom. The molecule has 1 rings (SSSR count). The van der Waals surface area contributed by atoms with Gasteiger partial charge in [0, 0.05) is 17.9 Å². The van der Waals surface area contributed by atoms with E-state index >= 15 is 0 Å². The van der Waals surface area contributed by atoms with Gasteiger partial charge in [-0.15, -0.1) is 0 Å². The Labute approximate surface area is 130 Å². The second-order valence-electron chi connectivity index (χ2n) is 2.84. The number of nitrogen functional groups attached to an aromatic ring is 1. The number of nitrogens with one attached hydrogen (secondary N) is 1. The van der Waals surface area contributed by atoms with Crippen LogP contribution in [0.5, 0.6) is 0 Å². The molecule has 0 fully saturated rings. The summed E-state index contributed by atoms with van der Waals surface area (Å²) in [5.74, 6) is 3.69. The van der Waals surface area contributed by atoms with Crippen molar-refractivity contribution >= 4 is 75.5 Å². The summed E-state index contributed by atoms with van der Waals surface area (Å²) in [6.07, 6.45) is 0. The second-order valence-corrected chi connectivity index (χ2v) is 6.02. The molecule has 1 aromatic carbocycles. The summed E-state index contributed by atoms with van der Waals surface area (Å²) < 4.78 is 1.88. The van der Waals surface area contributed by atoms with E-state index in [4.69, 9.17) is 11.6 Å². The van der Waals surface area contributed by atoms with Gasteiger partial charge in [0.2, 0.25) is 0 Å². The molecule has 0 saturated carbocycles. The van der Waals surface area contributed by atoms with Crippen molar-refractivity contribution in [2.45, 2.75) is 0 Å². The number of nitrogens with two attached hydrogens (primary N) is 2. The lowest BCUT2D eigenvalue weighted by molar-refractivity contribution is 0.0935. The Morgan fingerprint density at radius 3 is 1.65 bits per heavy atom. The topological polar surface area (TPSA) is 98.2 Å². The van der Waals surface area contributed by atoms with Crippen LogP contribution < -0.4 is 17.0 Å². The van der Waals surface area contributed by atoms with Crippen molar-refractivity contribution < 1.29 is 9.59 Å². The molecule has 0 atom stereocenters. The number of rotatable bonds is 2. The van der Waals surface area contributed by atoms with Crippen LogP contribution >= 0.6 is 63.7 Å². The number of carbonyl (C=O) groups is 2. The predicted molar refractivity (Wildman–Crippen MR) is 77.4 cm³/mol. The Bertz CT molecular complexity index is 518. The van der Waals surface area contributed by atoms with Crippen LogP contribution in [0.25, 0.3) is 0 Å². The highest BCUT2D eigenvalue weighted by molar-refractivity contribution is 9.15. The molecule has 92 valence electrons. The lowest BCUT2D eigenvalue weighted by atomic mass is 10.1. The standard InChI is InChI=1S/C8H5Br4N3O2/c9-3-1(7(13)16)2(8(17)15-14)4(10)6(12)5(3)11/h14H2,(H2,13,16)(H,15,17). The maximum absolute atomic E-state index is 11.6. The normalized spacial score (nSPS) is 10.2. The fourth-order valence-electron chi connectivity index (χ4n) is 1.15. The number of halogens is 4. The quantitative estimate of drug-likeness (QED) is 0.194. The first-order valence-electron chi connectivity index (χ1n) is 3.99.